The van der Waals surface area contributed by atoms with Crippen LogP contribution >= 0.6 is 27.3 Å². The Morgan fingerprint density at radius 2 is 2.17 bits per heavy atom. The van der Waals surface area contributed by atoms with Gasteiger partial charge >= 0.3 is 0 Å². The Kier molecular flexibility index (Phi) is 4.54. The topological polar surface area (TPSA) is 12.0 Å². The van der Waals surface area contributed by atoms with Gasteiger partial charge in [0.25, 0.3) is 0 Å². The number of nitrogens with one attached hydrogen (secondary N) is 1. The van der Waals surface area contributed by atoms with Gasteiger partial charge in [0.1, 0.15) is 5.82 Å². The van der Waals surface area contributed by atoms with Crippen molar-refractivity contribution in [2.24, 2.45) is 0 Å². The van der Waals surface area contributed by atoms with Crippen molar-refractivity contribution in [3.63, 3.8) is 0 Å². The predicted octanol–water partition coefficient (Wildman–Crippen LogP) is 4.66. The summed E-state index contributed by atoms with van der Waals surface area (Å²) in [6, 6.07) is 6.96. The maximum absolute atomic E-state index is 13.4. The van der Waals surface area contributed by atoms with E-state index in [2.05, 4.69) is 46.5 Å². The average molecular weight is 328 g/mol. The van der Waals surface area contributed by atoms with Gasteiger partial charge in [-0.05, 0) is 54.2 Å². The second kappa shape index (κ2) is 5.95. The largest absolute Gasteiger partial charge is 0.306 e. The summed E-state index contributed by atoms with van der Waals surface area (Å²) in [5, 5.41) is 5.50. The average Bonchev–Trinajstić information content (AvgIpc) is 2.76. The quantitative estimate of drug-likeness (QED) is 0.861. The van der Waals surface area contributed by atoms with Crippen LogP contribution in [0.3, 0.4) is 0 Å². The van der Waals surface area contributed by atoms with Crippen LogP contribution in [0.4, 0.5) is 4.39 Å². The van der Waals surface area contributed by atoms with E-state index in [1.54, 1.807) is 23.5 Å². The van der Waals surface area contributed by atoms with Crippen LogP contribution in [-0.4, -0.2) is 6.54 Å². The highest BCUT2D eigenvalue weighted by molar-refractivity contribution is 9.10. The van der Waals surface area contributed by atoms with Crippen molar-refractivity contribution in [3.05, 3.63) is 55.9 Å². The lowest BCUT2D eigenvalue weighted by atomic mass is 10.0. The number of hydrogen-bond donors (Lipinski definition) is 1. The van der Waals surface area contributed by atoms with Crippen LogP contribution in [0.5, 0.6) is 0 Å². The second-order valence-corrected chi connectivity index (χ2v) is 5.93. The van der Waals surface area contributed by atoms with E-state index in [0.29, 0.717) is 0 Å². The van der Waals surface area contributed by atoms with E-state index < -0.39 is 0 Å². The van der Waals surface area contributed by atoms with Gasteiger partial charge in [-0.3, -0.25) is 0 Å². The normalized spacial score (nSPS) is 12.7. The van der Waals surface area contributed by atoms with Crippen molar-refractivity contribution in [1.82, 2.24) is 5.32 Å². The molecule has 2 rings (SSSR count). The van der Waals surface area contributed by atoms with Gasteiger partial charge in [-0.25, -0.2) is 4.39 Å². The molecule has 1 aromatic heterocycles. The molecule has 0 aliphatic carbocycles. The van der Waals surface area contributed by atoms with Crippen molar-refractivity contribution in [2.45, 2.75) is 19.9 Å². The molecule has 0 aliphatic heterocycles. The summed E-state index contributed by atoms with van der Waals surface area (Å²) in [4.78, 5) is 1.24. The fourth-order valence-corrected chi connectivity index (χ4v) is 3.46. The van der Waals surface area contributed by atoms with E-state index in [4.69, 9.17) is 0 Å². The minimum absolute atomic E-state index is 0.0417. The fraction of sp³-hybridized carbons (Fsp3) is 0.286. The van der Waals surface area contributed by atoms with Crippen LogP contribution in [0.2, 0.25) is 0 Å². The molecule has 1 heterocycles. The van der Waals surface area contributed by atoms with Crippen molar-refractivity contribution in [2.75, 3.05) is 6.54 Å². The molecule has 0 saturated carbocycles. The van der Waals surface area contributed by atoms with E-state index in [9.17, 15) is 4.39 Å². The summed E-state index contributed by atoms with van der Waals surface area (Å²) in [6.45, 7) is 4.98. The summed E-state index contributed by atoms with van der Waals surface area (Å²) in [5.41, 5.74) is 2.18. The molecule has 1 atom stereocenters. The molecule has 1 nitrogen and oxygen atoms in total. The molecule has 0 amide bonds. The van der Waals surface area contributed by atoms with E-state index in [1.165, 1.54) is 16.5 Å². The Bertz CT molecular complexity index is 538. The third-order valence-electron chi connectivity index (χ3n) is 2.84. The van der Waals surface area contributed by atoms with Crippen LogP contribution < -0.4 is 5.32 Å². The van der Waals surface area contributed by atoms with Crippen LogP contribution in [-0.2, 0) is 0 Å². The molecule has 1 N–H and O–H groups in total. The molecule has 0 saturated heterocycles. The lowest BCUT2D eigenvalue weighted by molar-refractivity contribution is 0.604. The maximum Gasteiger partial charge on any atom is 0.123 e. The van der Waals surface area contributed by atoms with Crippen LogP contribution in [0.1, 0.15) is 29.0 Å². The zero-order chi connectivity index (χ0) is 13.1. The molecule has 96 valence electrons. The molecule has 2 aromatic rings. The first-order chi connectivity index (χ1) is 8.63. The molecular weight excluding hydrogens is 313 g/mol. The Morgan fingerprint density at radius 3 is 2.78 bits per heavy atom. The van der Waals surface area contributed by atoms with E-state index in [-0.39, 0.29) is 11.9 Å². The van der Waals surface area contributed by atoms with Gasteiger partial charge in [0.15, 0.2) is 0 Å². The fourth-order valence-electron chi connectivity index (χ4n) is 1.96. The molecule has 0 bridgehead atoms. The minimum Gasteiger partial charge on any atom is -0.306 e. The van der Waals surface area contributed by atoms with Crippen molar-refractivity contribution < 1.29 is 4.39 Å². The van der Waals surface area contributed by atoms with Gasteiger partial charge in [-0.1, -0.05) is 22.9 Å². The lowest BCUT2D eigenvalue weighted by Gasteiger charge is -2.19. The van der Waals surface area contributed by atoms with Gasteiger partial charge in [-0.15, -0.1) is 11.3 Å². The van der Waals surface area contributed by atoms with Crippen LogP contribution in [0.15, 0.2) is 34.1 Å². The zero-order valence-corrected chi connectivity index (χ0v) is 12.7. The van der Waals surface area contributed by atoms with Crippen molar-refractivity contribution in [3.8, 4) is 0 Å². The molecule has 4 heteroatoms. The van der Waals surface area contributed by atoms with Gasteiger partial charge in [0, 0.05) is 9.35 Å². The SMILES string of the molecule is CCNC(c1cc(F)ccc1Br)c1sccc1C. The second-order valence-electron chi connectivity index (χ2n) is 4.12. The minimum atomic E-state index is -0.203. The third-order valence-corrected chi connectivity index (χ3v) is 4.65. The highest BCUT2D eigenvalue weighted by Gasteiger charge is 2.19. The Morgan fingerprint density at radius 1 is 1.39 bits per heavy atom. The molecule has 0 radical (unpaired) electrons. The molecule has 0 spiro atoms. The Hall–Kier alpha value is -0.710. The monoisotopic (exact) mass is 327 g/mol. The number of benzene rings is 1. The van der Waals surface area contributed by atoms with Gasteiger partial charge < -0.3 is 5.32 Å². The number of hydrogen-bond acceptors (Lipinski definition) is 2. The first kappa shape index (κ1) is 13.7. The Labute approximate surface area is 119 Å². The van der Waals surface area contributed by atoms with E-state index >= 15 is 0 Å². The van der Waals surface area contributed by atoms with Crippen molar-refractivity contribution >= 4 is 27.3 Å². The van der Waals surface area contributed by atoms with Crippen LogP contribution in [0, 0.1) is 12.7 Å². The first-order valence-corrected chi connectivity index (χ1v) is 7.53. The maximum atomic E-state index is 13.4. The van der Waals surface area contributed by atoms with E-state index in [1.807, 2.05) is 0 Å². The standard InChI is InChI=1S/C14H15BrFNS/c1-3-17-13(14-9(2)6-7-18-14)11-8-10(16)4-5-12(11)15/h4-8,13,17H,3H2,1-2H3. The van der Waals surface area contributed by atoms with Gasteiger partial charge in [-0.2, -0.15) is 0 Å². The van der Waals surface area contributed by atoms with E-state index in [0.717, 1.165) is 16.6 Å². The van der Waals surface area contributed by atoms with Crippen LogP contribution in [0.25, 0.3) is 0 Å². The number of rotatable bonds is 4. The summed E-state index contributed by atoms with van der Waals surface area (Å²) >= 11 is 5.21. The lowest BCUT2D eigenvalue weighted by Crippen LogP contribution is -2.22. The summed E-state index contributed by atoms with van der Waals surface area (Å²) in [6.07, 6.45) is 0. The smallest absolute Gasteiger partial charge is 0.123 e. The highest BCUT2D eigenvalue weighted by atomic mass is 79.9. The first-order valence-electron chi connectivity index (χ1n) is 5.85. The number of aryl methyl sites for hydroxylation is 1. The summed E-state index contributed by atoms with van der Waals surface area (Å²) < 4.78 is 14.4. The van der Waals surface area contributed by atoms with Gasteiger partial charge in [0.05, 0.1) is 6.04 Å². The summed E-state index contributed by atoms with van der Waals surface area (Å²) in [5.74, 6) is -0.203. The predicted molar refractivity (Wildman–Crippen MR) is 78.7 cm³/mol. The molecule has 1 unspecified atom stereocenters. The molecular formula is C14H15BrFNS. The molecule has 0 fully saturated rings. The molecule has 18 heavy (non-hydrogen) atoms. The Balaban J connectivity index is 2.48. The third kappa shape index (κ3) is 2.82. The highest BCUT2D eigenvalue weighted by Crippen LogP contribution is 2.33. The summed E-state index contributed by atoms with van der Waals surface area (Å²) in [7, 11) is 0. The van der Waals surface area contributed by atoms with Gasteiger partial charge in [0.2, 0.25) is 0 Å². The zero-order valence-electron chi connectivity index (χ0n) is 10.3. The molecule has 1 aromatic carbocycles. The van der Waals surface area contributed by atoms with Crippen molar-refractivity contribution in [1.29, 1.82) is 0 Å². The number of halogens is 2. The number of thiophene rings is 1. The molecule has 0 aliphatic rings.